The second-order valence-electron chi connectivity index (χ2n) is 9.20. The minimum atomic E-state index is -0.433. The first-order valence-electron chi connectivity index (χ1n) is 9.46. The fourth-order valence-electron chi connectivity index (χ4n) is 4.58. The molecule has 3 fully saturated rings. The number of aliphatic imine (C=N–C) groups is 1. The summed E-state index contributed by atoms with van der Waals surface area (Å²) >= 11 is 0. The Bertz CT molecular complexity index is 553. The minimum absolute atomic E-state index is 0.0743. The van der Waals surface area contributed by atoms with Crippen LogP contribution in [0.4, 0.5) is 0 Å². The van der Waals surface area contributed by atoms with Crippen molar-refractivity contribution in [2.75, 3.05) is 26.7 Å². The number of hydrogen-bond donors (Lipinski definition) is 1. The van der Waals surface area contributed by atoms with Crippen LogP contribution in [0.2, 0.25) is 0 Å². The van der Waals surface area contributed by atoms with Gasteiger partial charge in [-0.3, -0.25) is 9.79 Å². The van der Waals surface area contributed by atoms with Gasteiger partial charge in [-0.05, 0) is 33.6 Å². The molecule has 3 aliphatic rings. The van der Waals surface area contributed by atoms with Crippen LogP contribution in [0.15, 0.2) is 4.99 Å². The van der Waals surface area contributed by atoms with Crippen molar-refractivity contribution in [3.05, 3.63) is 0 Å². The number of fused-ring (bicyclic) bond motifs is 1. The molecule has 6 heteroatoms. The summed E-state index contributed by atoms with van der Waals surface area (Å²) < 4.78 is 11.4. The standard InChI is InChI=1S/C19H33N3O3/c1-18(2,3)25-16(23)12-7-9-22(11-12)17(20-6)21-14-13-8-10-24-15(13)19(14,4)5/h12-15H,7-11H2,1-6H3,(H,20,21). The first-order valence-corrected chi connectivity index (χ1v) is 9.46. The average molecular weight is 351 g/mol. The van der Waals surface area contributed by atoms with Gasteiger partial charge in [-0.1, -0.05) is 13.8 Å². The number of rotatable bonds is 2. The van der Waals surface area contributed by atoms with E-state index in [1.807, 2.05) is 27.8 Å². The highest BCUT2D eigenvalue weighted by Crippen LogP contribution is 2.52. The number of ether oxygens (including phenoxy) is 2. The fourth-order valence-corrected chi connectivity index (χ4v) is 4.58. The van der Waals surface area contributed by atoms with Gasteiger partial charge >= 0.3 is 5.97 Å². The average Bonchev–Trinajstić information content (AvgIpc) is 3.14. The third-order valence-electron chi connectivity index (χ3n) is 5.82. The number of nitrogens with zero attached hydrogens (tertiary/aromatic N) is 2. The van der Waals surface area contributed by atoms with Crippen molar-refractivity contribution >= 4 is 11.9 Å². The first kappa shape index (κ1) is 18.5. The molecule has 0 amide bonds. The summed E-state index contributed by atoms with van der Waals surface area (Å²) in [5.74, 6) is 1.29. The molecule has 4 atom stereocenters. The first-order chi connectivity index (χ1) is 11.6. The van der Waals surface area contributed by atoms with Gasteiger partial charge < -0.3 is 19.7 Å². The second-order valence-corrected chi connectivity index (χ2v) is 9.20. The zero-order valence-corrected chi connectivity index (χ0v) is 16.5. The Morgan fingerprint density at radius 3 is 2.68 bits per heavy atom. The third kappa shape index (κ3) is 3.50. The van der Waals surface area contributed by atoms with Crippen LogP contribution < -0.4 is 5.32 Å². The lowest BCUT2D eigenvalue weighted by Gasteiger charge is -2.55. The molecule has 0 spiro atoms. The van der Waals surface area contributed by atoms with Crippen LogP contribution in [-0.4, -0.2) is 61.3 Å². The molecule has 2 saturated heterocycles. The van der Waals surface area contributed by atoms with Crippen LogP contribution >= 0.6 is 0 Å². The van der Waals surface area contributed by atoms with Crippen LogP contribution in [0.25, 0.3) is 0 Å². The van der Waals surface area contributed by atoms with E-state index in [4.69, 9.17) is 9.47 Å². The van der Waals surface area contributed by atoms with Crippen molar-refractivity contribution in [3.8, 4) is 0 Å². The molecular weight excluding hydrogens is 318 g/mol. The van der Waals surface area contributed by atoms with E-state index >= 15 is 0 Å². The monoisotopic (exact) mass is 351 g/mol. The molecule has 1 N–H and O–H groups in total. The zero-order chi connectivity index (χ0) is 18.4. The number of likely N-dealkylation sites (tertiary alicyclic amines) is 1. The van der Waals surface area contributed by atoms with Gasteiger partial charge in [-0.2, -0.15) is 0 Å². The van der Waals surface area contributed by atoms with E-state index in [9.17, 15) is 4.79 Å². The van der Waals surface area contributed by atoms with Crippen LogP contribution in [0.1, 0.15) is 47.5 Å². The van der Waals surface area contributed by atoms with Crippen molar-refractivity contribution in [2.45, 2.75) is 65.2 Å². The number of carbonyl (C=O) groups is 1. The van der Waals surface area contributed by atoms with Crippen LogP contribution in [0, 0.1) is 17.3 Å². The Kier molecular flexibility index (Phi) is 4.77. The van der Waals surface area contributed by atoms with E-state index < -0.39 is 5.60 Å². The van der Waals surface area contributed by atoms with E-state index in [2.05, 4.69) is 29.1 Å². The Hall–Kier alpha value is -1.30. The normalized spacial score (nSPS) is 34.5. The Balaban J connectivity index is 1.59. The van der Waals surface area contributed by atoms with E-state index in [-0.39, 0.29) is 17.3 Å². The molecule has 0 aromatic heterocycles. The van der Waals surface area contributed by atoms with E-state index in [1.165, 1.54) is 0 Å². The van der Waals surface area contributed by atoms with Crippen molar-refractivity contribution in [2.24, 2.45) is 22.2 Å². The van der Waals surface area contributed by atoms with Gasteiger partial charge in [0, 0.05) is 44.1 Å². The lowest BCUT2D eigenvalue weighted by Crippen LogP contribution is -2.68. The maximum absolute atomic E-state index is 12.3. The highest BCUT2D eigenvalue weighted by molar-refractivity contribution is 5.82. The van der Waals surface area contributed by atoms with Crippen LogP contribution in [0.3, 0.4) is 0 Å². The van der Waals surface area contributed by atoms with Gasteiger partial charge in [0.1, 0.15) is 5.60 Å². The number of hydrogen-bond acceptors (Lipinski definition) is 4. The zero-order valence-electron chi connectivity index (χ0n) is 16.5. The number of carbonyl (C=O) groups excluding carboxylic acids is 1. The lowest BCUT2D eigenvalue weighted by molar-refractivity contribution is -0.159. The maximum Gasteiger partial charge on any atom is 0.311 e. The molecule has 1 saturated carbocycles. The van der Waals surface area contributed by atoms with Crippen LogP contribution in [-0.2, 0) is 14.3 Å². The van der Waals surface area contributed by atoms with Crippen molar-refractivity contribution in [1.82, 2.24) is 10.2 Å². The SMILES string of the molecule is CN=C(NC1C2CCOC2C1(C)C)N1CCC(C(=O)OC(C)(C)C)C1. The molecule has 3 rings (SSSR count). The summed E-state index contributed by atoms with van der Waals surface area (Å²) in [7, 11) is 1.82. The van der Waals surface area contributed by atoms with Gasteiger partial charge in [-0.15, -0.1) is 0 Å². The molecule has 4 unspecified atom stereocenters. The van der Waals surface area contributed by atoms with Crippen molar-refractivity contribution < 1.29 is 14.3 Å². The van der Waals surface area contributed by atoms with E-state index in [0.717, 1.165) is 32.0 Å². The van der Waals surface area contributed by atoms with E-state index in [0.29, 0.717) is 24.6 Å². The second kappa shape index (κ2) is 6.45. The molecule has 0 bridgehead atoms. The molecular formula is C19H33N3O3. The molecule has 2 heterocycles. The Labute approximate surface area is 151 Å². The Morgan fingerprint density at radius 1 is 1.32 bits per heavy atom. The van der Waals surface area contributed by atoms with Crippen molar-refractivity contribution in [1.29, 1.82) is 0 Å². The van der Waals surface area contributed by atoms with Crippen molar-refractivity contribution in [3.63, 3.8) is 0 Å². The third-order valence-corrected chi connectivity index (χ3v) is 5.82. The smallest absolute Gasteiger partial charge is 0.311 e. The molecule has 2 aliphatic heterocycles. The highest BCUT2D eigenvalue weighted by atomic mass is 16.6. The summed E-state index contributed by atoms with van der Waals surface area (Å²) in [4.78, 5) is 19.0. The number of guanidine groups is 1. The topological polar surface area (TPSA) is 63.2 Å². The molecule has 142 valence electrons. The lowest BCUT2D eigenvalue weighted by atomic mass is 9.57. The maximum atomic E-state index is 12.3. The molecule has 25 heavy (non-hydrogen) atoms. The van der Waals surface area contributed by atoms with Crippen LogP contribution in [0.5, 0.6) is 0 Å². The summed E-state index contributed by atoms with van der Waals surface area (Å²) in [6, 6.07) is 0.374. The summed E-state index contributed by atoms with van der Waals surface area (Å²) in [6.45, 7) is 12.6. The van der Waals surface area contributed by atoms with Gasteiger partial charge in [0.05, 0.1) is 12.0 Å². The number of nitrogens with one attached hydrogen (secondary N) is 1. The molecule has 0 radical (unpaired) electrons. The van der Waals surface area contributed by atoms with Gasteiger partial charge in [0.25, 0.3) is 0 Å². The summed E-state index contributed by atoms with van der Waals surface area (Å²) in [5, 5.41) is 3.66. The summed E-state index contributed by atoms with van der Waals surface area (Å²) in [6.07, 6.45) is 2.29. The molecule has 0 aromatic rings. The van der Waals surface area contributed by atoms with Gasteiger partial charge in [0.2, 0.25) is 0 Å². The summed E-state index contributed by atoms with van der Waals surface area (Å²) in [5.41, 5.74) is -0.320. The van der Waals surface area contributed by atoms with E-state index in [1.54, 1.807) is 0 Å². The highest BCUT2D eigenvalue weighted by Gasteiger charge is 2.59. The quantitative estimate of drug-likeness (QED) is 0.469. The molecule has 6 nitrogen and oxygen atoms in total. The predicted octanol–water partition coefficient (Wildman–Crippen LogP) is 2.04. The number of esters is 1. The largest absolute Gasteiger partial charge is 0.460 e. The fraction of sp³-hybridized carbons (Fsp3) is 0.895. The molecule has 1 aliphatic carbocycles. The minimum Gasteiger partial charge on any atom is -0.460 e. The van der Waals surface area contributed by atoms with Gasteiger partial charge in [0.15, 0.2) is 5.96 Å². The van der Waals surface area contributed by atoms with Gasteiger partial charge in [-0.25, -0.2) is 0 Å². The molecule has 0 aromatic carbocycles. The predicted molar refractivity (Wildman–Crippen MR) is 97.4 cm³/mol. The Morgan fingerprint density at radius 2 is 2.04 bits per heavy atom.